The first kappa shape index (κ1) is 22.9. The van der Waals surface area contributed by atoms with Gasteiger partial charge in [-0.25, -0.2) is 4.79 Å². The maximum atomic E-state index is 12.2. The third-order valence-corrected chi connectivity index (χ3v) is 5.40. The van der Waals surface area contributed by atoms with Gasteiger partial charge in [0.1, 0.15) is 0 Å². The molecule has 0 radical (unpaired) electrons. The molecule has 1 atom stereocenters. The Bertz CT molecular complexity index is 630. The summed E-state index contributed by atoms with van der Waals surface area (Å²) in [4.78, 5) is 24.9. The number of morpholine rings is 1. The van der Waals surface area contributed by atoms with Crippen LogP contribution in [0, 0.1) is 16.0 Å². The van der Waals surface area contributed by atoms with Crippen molar-refractivity contribution in [3.63, 3.8) is 0 Å². The lowest BCUT2D eigenvalue weighted by Crippen LogP contribution is -2.53. The zero-order valence-electron chi connectivity index (χ0n) is 17.4. The van der Waals surface area contributed by atoms with Crippen LogP contribution in [0.4, 0.5) is 16.2 Å². The second-order valence-corrected chi connectivity index (χ2v) is 7.16. The topological polar surface area (TPSA) is 109 Å². The molecular weight excluding hydrogens is 374 g/mol. The molecule has 1 aliphatic heterocycles. The van der Waals surface area contributed by atoms with Crippen molar-refractivity contribution in [2.75, 3.05) is 51.3 Å². The Morgan fingerprint density at radius 1 is 1.14 bits per heavy atom. The number of urea groups is 1. The summed E-state index contributed by atoms with van der Waals surface area (Å²) < 4.78 is 5.46. The van der Waals surface area contributed by atoms with Crippen molar-refractivity contribution >= 4 is 17.4 Å². The van der Waals surface area contributed by atoms with Crippen LogP contribution < -0.4 is 16.0 Å². The molecule has 29 heavy (non-hydrogen) atoms. The first-order valence-corrected chi connectivity index (χ1v) is 10.4. The summed E-state index contributed by atoms with van der Waals surface area (Å²) in [5.74, 6) is 0.539. The number of ether oxygens (including phenoxy) is 1. The van der Waals surface area contributed by atoms with E-state index < -0.39 is 4.92 Å². The van der Waals surface area contributed by atoms with Gasteiger partial charge in [-0.1, -0.05) is 26.7 Å². The Hall–Kier alpha value is -2.39. The predicted octanol–water partition coefficient (Wildman–Crippen LogP) is 2.44. The van der Waals surface area contributed by atoms with E-state index in [0.717, 1.165) is 44.8 Å². The molecule has 0 aromatic heterocycles. The summed E-state index contributed by atoms with van der Waals surface area (Å²) >= 11 is 0. The van der Waals surface area contributed by atoms with Crippen molar-refractivity contribution in [2.45, 2.75) is 32.7 Å². The standard InChI is InChI=1S/C20H33N5O4/c1-3-16(4-2)19(24-11-13-29-14-12-24)15-23-20(26)22-10-9-21-17-5-7-18(8-6-17)25(27)28/h5-8,16,19,21H,3-4,9-15H2,1-2H3,(H2,22,23,26)/t19-/m1/s1. The van der Waals surface area contributed by atoms with Crippen LogP contribution in [-0.4, -0.2) is 67.8 Å². The number of hydrogen-bond acceptors (Lipinski definition) is 6. The lowest BCUT2D eigenvalue weighted by molar-refractivity contribution is -0.384. The third kappa shape index (κ3) is 7.51. The SMILES string of the molecule is CCC(CC)[C@@H](CNC(=O)NCCNc1ccc([N+](=O)[O-])cc1)N1CCOCC1. The van der Waals surface area contributed by atoms with Gasteiger partial charge >= 0.3 is 6.03 Å². The molecule has 2 amide bonds. The summed E-state index contributed by atoms with van der Waals surface area (Å²) in [5, 5.41) is 19.7. The van der Waals surface area contributed by atoms with Gasteiger partial charge in [0.15, 0.2) is 0 Å². The minimum Gasteiger partial charge on any atom is -0.383 e. The molecule has 162 valence electrons. The van der Waals surface area contributed by atoms with E-state index in [0.29, 0.717) is 31.6 Å². The van der Waals surface area contributed by atoms with Crippen LogP contribution in [0.5, 0.6) is 0 Å². The van der Waals surface area contributed by atoms with Gasteiger partial charge in [-0.3, -0.25) is 15.0 Å². The zero-order chi connectivity index (χ0) is 21.1. The fraction of sp³-hybridized carbons (Fsp3) is 0.650. The van der Waals surface area contributed by atoms with Crippen molar-refractivity contribution in [1.82, 2.24) is 15.5 Å². The molecule has 1 saturated heterocycles. The van der Waals surface area contributed by atoms with E-state index in [2.05, 4.69) is 34.7 Å². The summed E-state index contributed by atoms with van der Waals surface area (Å²) in [6.07, 6.45) is 2.17. The summed E-state index contributed by atoms with van der Waals surface area (Å²) in [7, 11) is 0. The van der Waals surface area contributed by atoms with Crippen molar-refractivity contribution < 1.29 is 14.5 Å². The van der Waals surface area contributed by atoms with Crippen LogP contribution in [0.2, 0.25) is 0 Å². The molecule has 1 aliphatic rings. The smallest absolute Gasteiger partial charge is 0.314 e. The lowest BCUT2D eigenvalue weighted by atomic mass is 9.92. The predicted molar refractivity (Wildman–Crippen MR) is 113 cm³/mol. The van der Waals surface area contributed by atoms with E-state index in [4.69, 9.17) is 4.74 Å². The van der Waals surface area contributed by atoms with Gasteiger partial charge in [0.25, 0.3) is 5.69 Å². The normalized spacial score (nSPS) is 15.7. The van der Waals surface area contributed by atoms with Crippen LogP contribution in [0.25, 0.3) is 0 Å². The van der Waals surface area contributed by atoms with E-state index in [1.165, 1.54) is 12.1 Å². The molecule has 0 bridgehead atoms. The number of nitrogens with zero attached hydrogens (tertiary/aromatic N) is 2. The molecule has 1 aromatic carbocycles. The van der Waals surface area contributed by atoms with Gasteiger partial charge in [-0.05, 0) is 18.1 Å². The Kier molecular flexibility index (Phi) is 9.66. The molecular formula is C20H33N5O4. The maximum absolute atomic E-state index is 12.2. The fourth-order valence-corrected chi connectivity index (χ4v) is 3.68. The molecule has 3 N–H and O–H groups in total. The van der Waals surface area contributed by atoms with Crippen LogP contribution >= 0.6 is 0 Å². The number of nitrogens with one attached hydrogen (secondary N) is 3. The average Bonchev–Trinajstić information content (AvgIpc) is 2.75. The van der Waals surface area contributed by atoms with Crippen molar-refractivity contribution in [3.8, 4) is 0 Å². The highest BCUT2D eigenvalue weighted by atomic mass is 16.6. The second kappa shape index (κ2) is 12.2. The Morgan fingerprint density at radius 2 is 1.79 bits per heavy atom. The summed E-state index contributed by atoms with van der Waals surface area (Å²) in [6, 6.07) is 6.34. The van der Waals surface area contributed by atoms with Crippen LogP contribution in [-0.2, 0) is 4.74 Å². The van der Waals surface area contributed by atoms with Gasteiger partial charge in [0.05, 0.1) is 18.1 Å². The van der Waals surface area contributed by atoms with Gasteiger partial charge in [-0.15, -0.1) is 0 Å². The van der Waals surface area contributed by atoms with E-state index in [1.54, 1.807) is 12.1 Å². The van der Waals surface area contributed by atoms with Crippen molar-refractivity contribution in [1.29, 1.82) is 0 Å². The largest absolute Gasteiger partial charge is 0.383 e. The molecule has 1 aromatic rings. The molecule has 0 aliphatic carbocycles. The number of amides is 2. The number of benzene rings is 1. The minimum absolute atomic E-state index is 0.0559. The molecule has 0 saturated carbocycles. The number of rotatable bonds is 11. The molecule has 2 rings (SSSR count). The monoisotopic (exact) mass is 407 g/mol. The first-order valence-electron chi connectivity index (χ1n) is 10.4. The molecule has 0 unspecified atom stereocenters. The Balaban J connectivity index is 1.71. The highest BCUT2D eigenvalue weighted by molar-refractivity contribution is 5.73. The number of anilines is 1. The molecule has 9 heteroatoms. The maximum Gasteiger partial charge on any atom is 0.314 e. The lowest BCUT2D eigenvalue weighted by Gasteiger charge is -2.38. The van der Waals surface area contributed by atoms with Gasteiger partial charge in [-0.2, -0.15) is 0 Å². The molecule has 9 nitrogen and oxygen atoms in total. The van der Waals surface area contributed by atoms with Gasteiger partial charge in [0.2, 0.25) is 0 Å². The molecule has 0 spiro atoms. The summed E-state index contributed by atoms with van der Waals surface area (Å²) in [5.41, 5.74) is 0.833. The zero-order valence-corrected chi connectivity index (χ0v) is 17.4. The number of nitro benzene ring substituents is 1. The highest BCUT2D eigenvalue weighted by Crippen LogP contribution is 2.19. The highest BCUT2D eigenvalue weighted by Gasteiger charge is 2.27. The Morgan fingerprint density at radius 3 is 2.38 bits per heavy atom. The average molecular weight is 408 g/mol. The summed E-state index contributed by atoms with van der Waals surface area (Å²) in [6.45, 7) is 9.31. The third-order valence-electron chi connectivity index (χ3n) is 5.40. The van der Waals surface area contributed by atoms with E-state index in [9.17, 15) is 14.9 Å². The van der Waals surface area contributed by atoms with Crippen molar-refractivity contribution in [2.24, 2.45) is 5.92 Å². The van der Waals surface area contributed by atoms with Crippen LogP contribution in [0.15, 0.2) is 24.3 Å². The van der Waals surface area contributed by atoms with E-state index in [-0.39, 0.29) is 11.7 Å². The van der Waals surface area contributed by atoms with Crippen LogP contribution in [0.1, 0.15) is 26.7 Å². The number of carbonyl (C=O) groups excluding carboxylic acids is 1. The van der Waals surface area contributed by atoms with Gasteiger partial charge in [0, 0.05) is 56.6 Å². The van der Waals surface area contributed by atoms with Gasteiger partial charge < -0.3 is 20.7 Å². The molecule has 1 heterocycles. The number of carbonyl (C=O) groups is 1. The van der Waals surface area contributed by atoms with Crippen LogP contribution in [0.3, 0.4) is 0 Å². The number of non-ortho nitro benzene ring substituents is 1. The fourth-order valence-electron chi connectivity index (χ4n) is 3.68. The number of hydrogen-bond donors (Lipinski definition) is 3. The minimum atomic E-state index is -0.429. The van der Waals surface area contributed by atoms with E-state index >= 15 is 0 Å². The van der Waals surface area contributed by atoms with Crippen molar-refractivity contribution in [3.05, 3.63) is 34.4 Å². The second-order valence-electron chi connectivity index (χ2n) is 7.16. The number of nitro groups is 1. The quantitative estimate of drug-likeness (QED) is 0.295. The first-order chi connectivity index (χ1) is 14.0. The molecule has 1 fully saturated rings. The van der Waals surface area contributed by atoms with E-state index in [1.807, 2.05) is 0 Å². The Labute approximate surface area is 172 Å².